The number of sulfone groups is 1. The minimum atomic E-state index is -3.58. The van der Waals surface area contributed by atoms with E-state index in [2.05, 4.69) is 5.32 Å². The van der Waals surface area contributed by atoms with Gasteiger partial charge < -0.3 is 10.1 Å². The molecule has 168 valence electrons. The van der Waals surface area contributed by atoms with Crippen LogP contribution in [-0.4, -0.2) is 56.0 Å². The summed E-state index contributed by atoms with van der Waals surface area (Å²) in [6.45, 7) is 2.02. The lowest BCUT2D eigenvalue weighted by molar-refractivity contribution is -0.135. The first kappa shape index (κ1) is 23.2. The van der Waals surface area contributed by atoms with Crippen LogP contribution < -0.4 is 15.5 Å². The fourth-order valence-corrected chi connectivity index (χ4v) is 4.69. The number of nitrogens with zero attached hydrogens (tertiary/aromatic N) is 1. The second kappa shape index (κ2) is 11.2. The molecule has 1 heterocycles. The summed E-state index contributed by atoms with van der Waals surface area (Å²) in [5.74, 6) is -0.257. The van der Waals surface area contributed by atoms with E-state index in [4.69, 9.17) is 9.94 Å². The van der Waals surface area contributed by atoms with Gasteiger partial charge in [-0.2, -0.15) is 0 Å². The van der Waals surface area contributed by atoms with Crippen molar-refractivity contribution in [1.29, 1.82) is 0 Å². The van der Waals surface area contributed by atoms with Gasteiger partial charge >= 0.3 is 0 Å². The number of benzene rings is 2. The van der Waals surface area contributed by atoms with Crippen LogP contribution in [0.25, 0.3) is 0 Å². The molecule has 9 heteroatoms. The molecule has 0 unspecified atom stereocenters. The quantitative estimate of drug-likeness (QED) is 0.377. The highest BCUT2D eigenvalue weighted by molar-refractivity contribution is 7.91. The fourth-order valence-electron chi connectivity index (χ4n) is 3.59. The van der Waals surface area contributed by atoms with E-state index in [-0.39, 0.29) is 17.3 Å². The number of hydroxylamine groups is 1. The van der Waals surface area contributed by atoms with E-state index >= 15 is 0 Å². The Kier molecular flexibility index (Phi) is 8.42. The topological polar surface area (TPSA) is 108 Å². The first-order valence-corrected chi connectivity index (χ1v) is 12.0. The lowest BCUT2D eigenvalue weighted by Crippen LogP contribution is -2.53. The van der Waals surface area contributed by atoms with Gasteiger partial charge in [-0.25, -0.2) is 13.9 Å². The van der Waals surface area contributed by atoms with Gasteiger partial charge in [0.2, 0.25) is 0 Å². The minimum absolute atomic E-state index is 0.129. The van der Waals surface area contributed by atoms with E-state index in [1.807, 2.05) is 35.2 Å². The molecule has 3 rings (SSSR count). The summed E-state index contributed by atoms with van der Waals surface area (Å²) in [6, 6.07) is 15.4. The van der Waals surface area contributed by atoms with Crippen LogP contribution in [0.1, 0.15) is 24.8 Å². The Morgan fingerprint density at radius 2 is 1.71 bits per heavy atom. The zero-order valence-electron chi connectivity index (χ0n) is 17.4. The summed E-state index contributed by atoms with van der Waals surface area (Å²) in [5, 5.41) is 11.9. The summed E-state index contributed by atoms with van der Waals surface area (Å²) < 4.78 is 31.0. The molecule has 1 aliphatic rings. The molecule has 1 amide bonds. The Balaban J connectivity index is 1.53. The van der Waals surface area contributed by atoms with Gasteiger partial charge in [0.25, 0.3) is 5.91 Å². The van der Waals surface area contributed by atoms with Crippen LogP contribution in [-0.2, 0) is 21.2 Å². The van der Waals surface area contributed by atoms with Crippen LogP contribution >= 0.6 is 0 Å². The summed E-state index contributed by atoms with van der Waals surface area (Å²) >= 11 is 0. The number of likely N-dealkylation sites (tertiary alicyclic amines) is 1. The summed E-state index contributed by atoms with van der Waals surface area (Å²) in [6.07, 6.45) is 3.06. The van der Waals surface area contributed by atoms with Gasteiger partial charge in [0, 0.05) is 6.54 Å². The molecule has 0 spiro atoms. The Morgan fingerprint density at radius 1 is 1.03 bits per heavy atom. The van der Waals surface area contributed by atoms with Gasteiger partial charge in [0.15, 0.2) is 9.84 Å². The zero-order chi connectivity index (χ0) is 22.1. The molecular weight excluding hydrogens is 418 g/mol. The first-order valence-electron chi connectivity index (χ1n) is 10.4. The van der Waals surface area contributed by atoms with Crippen LogP contribution in [0.2, 0.25) is 0 Å². The molecule has 1 saturated heterocycles. The monoisotopic (exact) mass is 447 g/mol. The zero-order valence-corrected chi connectivity index (χ0v) is 18.2. The number of ether oxygens (including phenoxy) is 1. The molecule has 31 heavy (non-hydrogen) atoms. The Morgan fingerprint density at radius 3 is 2.35 bits per heavy atom. The minimum Gasteiger partial charge on any atom is -0.489 e. The molecule has 1 atom stereocenters. The van der Waals surface area contributed by atoms with Crippen molar-refractivity contribution in [2.45, 2.75) is 36.8 Å². The largest absolute Gasteiger partial charge is 0.489 e. The highest BCUT2D eigenvalue weighted by atomic mass is 32.2. The van der Waals surface area contributed by atoms with Crippen molar-refractivity contribution >= 4 is 15.7 Å². The standard InChI is InChI=1S/C22H29N3O5S/c26-22(24-27)21(25-13-5-2-6-14-25)15-23-17-31(28,29)20-11-9-19(10-12-20)30-16-18-7-3-1-4-8-18/h1,3-4,7-12,21,23,27H,2,5-6,13-17H2,(H,24,26)/t21-/m0/s1. The second-order valence-corrected chi connectivity index (χ2v) is 9.54. The average molecular weight is 448 g/mol. The SMILES string of the molecule is O=C(NO)[C@H](CNCS(=O)(=O)c1ccc(OCc2ccccc2)cc1)N1CCCCC1. The molecule has 3 N–H and O–H groups in total. The Bertz CT molecular complexity index is 929. The lowest BCUT2D eigenvalue weighted by atomic mass is 10.1. The van der Waals surface area contributed by atoms with Gasteiger partial charge in [-0.05, 0) is 55.8 Å². The van der Waals surface area contributed by atoms with E-state index in [0.29, 0.717) is 12.4 Å². The van der Waals surface area contributed by atoms with Crippen molar-refractivity contribution < 1.29 is 23.2 Å². The molecule has 0 bridgehead atoms. The third kappa shape index (κ3) is 6.76. The van der Waals surface area contributed by atoms with Crippen LogP contribution in [0.15, 0.2) is 59.5 Å². The van der Waals surface area contributed by atoms with Crippen LogP contribution in [0.5, 0.6) is 5.75 Å². The molecule has 1 fully saturated rings. The van der Waals surface area contributed by atoms with Crippen LogP contribution in [0, 0.1) is 0 Å². The normalized spacial score (nSPS) is 15.9. The molecule has 2 aromatic carbocycles. The molecule has 2 aromatic rings. The fraction of sp³-hybridized carbons (Fsp3) is 0.409. The highest BCUT2D eigenvalue weighted by Gasteiger charge is 2.27. The summed E-state index contributed by atoms with van der Waals surface area (Å²) in [5.41, 5.74) is 2.71. The van der Waals surface area contributed by atoms with Crippen LogP contribution in [0.4, 0.5) is 0 Å². The van der Waals surface area contributed by atoms with Crippen molar-refractivity contribution in [3.8, 4) is 5.75 Å². The summed E-state index contributed by atoms with van der Waals surface area (Å²) in [4.78, 5) is 14.2. The second-order valence-electron chi connectivity index (χ2n) is 7.55. The number of amides is 1. The van der Waals surface area contributed by atoms with Crippen molar-refractivity contribution in [1.82, 2.24) is 15.7 Å². The molecule has 0 aromatic heterocycles. The predicted octanol–water partition coefficient (Wildman–Crippen LogP) is 1.95. The number of carbonyl (C=O) groups is 1. The maximum Gasteiger partial charge on any atom is 0.261 e. The van der Waals surface area contributed by atoms with E-state index in [0.717, 1.165) is 37.9 Å². The molecule has 0 aliphatic carbocycles. The lowest BCUT2D eigenvalue weighted by Gasteiger charge is -2.33. The van der Waals surface area contributed by atoms with Crippen molar-refractivity contribution in [3.63, 3.8) is 0 Å². The molecule has 0 radical (unpaired) electrons. The van der Waals surface area contributed by atoms with E-state index in [1.165, 1.54) is 12.1 Å². The van der Waals surface area contributed by atoms with E-state index in [1.54, 1.807) is 17.6 Å². The van der Waals surface area contributed by atoms with Crippen molar-refractivity contribution in [2.75, 3.05) is 25.5 Å². The number of rotatable bonds is 10. The number of nitrogens with one attached hydrogen (secondary N) is 2. The van der Waals surface area contributed by atoms with Gasteiger partial charge in [-0.3, -0.25) is 14.9 Å². The predicted molar refractivity (Wildman–Crippen MR) is 116 cm³/mol. The van der Waals surface area contributed by atoms with Crippen molar-refractivity contribution in [3.05, 3.63) is 60.2 Å². The third-order valence-electron chi connectivity index (χ3n) is 5.31. The molecule has 0 saturated carbocycles. The molecular formula is C22H29N3O5S. The third-order valence-corrected chi connectivity index (χ3v) is 6.88. The van der Waals surface area contributed by atoms with Gasteiger partial charge in [-0.1, -0.05) is 36.8 Å². The van der Waals surface area contributed by atoms with Crippen LogP contribution in [0.3, 0.4) is 0 Å². The van der Waals surface area contributed by atoms with E-state index < -0.39 is 21.8 Å². The number of piperidine rings is 1. The average Bonchev–Trinajstić information content (AvgIpc) is 2.81. The van der Waals surface area contributed by atoms with Gasteiger partial charge in [0.05, 0.1) is 4.90 Å². The number of carbonyl (C=O) groups excluding carboxylic acids is 1. The number of hydrogen-bond donors (Lipinski definition) is 3. The van der Waals surface area contributed by atoms with E-state index in [9.17, 15) is 13.2 Å². The maximum absolute atomic E-state index is 12.7. The highest BCUT2D eigenvalue weighted by Crippen LogP contribution is 2.18. The summed E-state index contributed by atoms with van der Waals surface area (Å²) in [7, 11) is -3.58. The van der Waals surface area contributed by atoms with Crippen molar-refractivity contribution in [2.24, 2.45) is 0 Å². The number of hydrogen-bond acceptors (Lipinski definition) is 7. The van der Waals surface area contributed by atoms with Gasteiger partial charge in [-0.15, -0.1) is 0 Å². The maximum atomic E-state index is 12.7. The molecule has 8 nitrogen and oxygen atoms in total. The molecule has 1 aliphatic heterocycles. The van der Waals surface area contributed by atoms with Gasteiger partial charge in [0.1, 0.15) is 24.3 Å². The Labute approximate surface area is 183 Å². The first-order chi connectivity index (χ1) is 15.0. The smallest absolute Gasteiger partial charge is 0.261 e. The Hall–Kier alpha value is -2.46.